The molecular weight excluding hydrogens is 521 g/mol. The number of carbonyl (C=O) groups is 1. The summed E-state index contributed by atoms with van der Waals surface area (Å²) in [5, 5.41) is 9.35. The normalized spacial score (nSPS) is 12.7. The van der Waals surface area contributed by atoms with E-state index in [1.165, 1.54) is 0 Å². The van der Waals surface area contributed by atoms with Gasteiger partial charge in [-0.15, -0.1) is 0 Å². The minimum Gasteiger partial charge on any atom is -0.480 e. The topological polar surface area (TPSA) is 83.5 Å². The molecule has 0 heterocycles. The Hall–Kier alpha value is -0.970. The van der Waals surface area contributed by atoms with Gasteiger partial charge in [0.2, 0.25) is 10.0 Å². The van der Waals surface area contributed by atoms with Crippen molar-refractivity contribution in [3.63, 3.8) is 0 Å². The van der Waals surface area contributed by atoms with E-state index in [9.17, 15) is 18.3 Å². The smallest absolute Gasteiger partial charge is 0.322 e. The molecule has 8 heteroatoms. The number of carboxylic acid groups (broad SMARTS) is 1. The van der Waals surface area contributed by atoms with Crippen molar-refractivity contribution in [1.29, 1.82) is 0 Å². The van der Waals surface area contributed by atoms with Crippen LogP contribution in [0.25, 0.3) is 0 Å². The Labute approximate surface area is 169 Å². The first-order valence-corrected chi connectivity index (χ1v) is 11.0. The minimum absolute atomic E-state index is 0.0977. The van der Waals surface area contributed by atoms with Gasteiger partial charge in [-0.2, -0.15) is 0 Å². The van der Waals surface area contributed by atoms with Gasteiger partial charge in [0.15, 0.2) is 0 Å². The first kappa shape index (κ1) is 20.3. The van der Waals surface area contributed by atoms with E-state index in [-0.39, 0.29) is 12.2 Å². The summed E-state index contributed by atoms with van der Waals surface area (Å²) < 4.78 is 28.7. The molecule has 0 aliphatic heterocycles. The molecule has 0 radical (unpaired) electrons. The monoisotopic (exact) mass is 537 g/mol. The van der Waals surface area contributed by atoms with Crippen LogP contribution in [0.2, 0.25) is 0 Å². The Kier molecular flexibility index (Phi) is 7.41. The molecule has 2 aromatic carbocycles. The third kappa shape index (κ3) is 6.69. The standard InChI is InChI=1S/C17H17BrINO4S/c18-15-4-2-1-3-13(15)9-10-25(23,24)20-16(17(21)22)11-12-5-7-14(19)8-6-12/h1-8,16,20H,9-11H2,(H,21,22). The molecule has 0 aliphatic carbocycles. The van der Waals surface area contributed by atoms with Gasteiger partial charge in [-0.1, -0.05) is 46.3 Å². The van der Waals surface area contributed by atoms with Crippen molar-refractivity contribution in [3.8, 4) is 0 Å². The Morgan fingerprint density at radius 3 is 2.40 bits per heavy atom. The number of hydrogen-bond acceptors (Lipinski definition) is 3. The number of halogens is 2. The van der Waals surface area contributed by atoms with E-state index < -0.39 is 22.0 Å². The second-order valence-corrected chi connectivity index (χ2v) is 9.47. The highest BCUT2D eigenvalue weighted by Gasteiger charge is 2.24. The van der Waals surface area contributed by atoms with E-state index in [2.05, 4.69) is 43.2 Å². The number of aliphatic carboxylic acids is 1. The number of benzene rings is 2. The molecule has 25 heavy (non-hydrogen) atoms. The van der Waals surface area contributed by atoms with Crippen molar-refractivity contribution >= 4 is 54.5 Å². The average Bonchev–Trinajstić information content (AvgIpc) is 2.55. The van der Waals surface area contributed by atoms with Crippen LogP contribution in [0.15, 0.2) is 53.0 Å². The summed E-state index contributed by atoms with van der Waals surface area (Å²) in [7, 11) is -3.72. The van der Waals surface area contributed by atoms with Crippen LogP contribution < -0.4 is 4.72 Å². The number of carboxylic acids is 1. The molecule has 2 N–H and O–H groups in total. The summed E-state index contributed by atoms with van der Waals surface area (Å²) in [6.07, 6.45) is 0.396. The summed E-state index contributed by atoms with van der Waals surface area (Å²) in [6, 6.07) is 13.5. The molecular formula is C17H17BrINO4S. The highest BCUT2D eigenvalue weighted by Crippen LogP contribution is 2.17. The van der Waals surface area contributed by atoms with E-state index in [0.717, 1.165) is 19.2 Å². The van der Waals surface area contributed by atoms with Crippen LogP contribution >= 0.6 is 38.5 Å². The molecule has 0 saturated heterocycles. The Balaban J connectivity index is 2.03. The molecule has 2 rings (SSSR count). The third-order valence-corrected chi connectivity index (χ3v) is 6.45. The van der Waals surface area contributed by atoms with E-state index in [0.29, 0.717) is 6.42 Å². The fourth-order valence-electron chi connectivity index (χ4n) is 2.26. The lowest BCUT2D eigenvalue weighted by Gasteiger charge is -2.15. The maximum absolute atomic E-state index is 12.3. The predicted molar refractivity (Wildman–Crippen MR) is 109 cm³/mol. The van der Waals surface area contributed by atoms with E-state index >= 15 is 0 Å². The van der Waals surface area contributed by atoms with Crippen molar-refractivity contribution in [2.75, 3.05) is 5.75 Å². The SMILES string of the molecule is O=C(O)C(Cc1ccc(I)cc1)NS(=O)(=O)CCc1ccccc1Br. The van der Waals surface area contributed by atoms with Crippen LogP contribution in [0.3, 0.4) is 0 Å². The zero-order valence-electron chi connectivity index (χ0n) is 13.2. The van der Waals surface area contributed by atoms with E-state index in [1.807, 2.05) is 36.4 Å². The lowest BCUT2D eigenvalue weighted by atomic mass is 10.1. The van der Waals surface area contributed by atoms with Crippen LogP contribution in [-0.4, -0.2) is 31.3 Å². The second kappa shape index (κ2) is 9.11. The first-order chi connectivity index (χ1) is 11.8. The summed E-state index contributed by atoms with van der Waals surface area (Å²) in [5.41, 5.74) is 1.62. The molecule has 0 fully saturated rings. The van der Waals surface area contributed by atoms with Crippen molar-refractivity contribution in [3.05, 3.63) is 67.7 Å². The van der Waals surface area contributed by atoms with Gasteiger partial charge in [0.1, 0.15) is 6.04 Å². The lowest BCUT2D eigenvalue weighted by molar-refractivity contribution is -0.138. The molecule has 0 amide bonds. The number of nitrogens with one attached hydrogen (secondary N) is 1. The molecule has 0 aliphatic rings. The maximum atomic E-state index is 12.3. The highest BCUT2D eigenvalue weighted by molar-refractivity contribution is 14.1. The minimum atomic E-state index is -3.72. The number of hydrogen-bond donors (Lipinski definition) is 2. The quantitative estimate of drug-likeness (QED) is 0.506. The largest absolute Gasteiger partial charge is 0.480 e. The molecule has 0 saturated carbocycles. The molecule has 2 aromatic rings. The fraction of sp³-hybridized carbons (Fsp3) is 0.235. The van der Waals surface area contributed by atoms with Crippen LogP contribution in [0.4, 0.5) is 0 Å². The molecule has 1 unspecified atom stereocenters. The molecule has 0 aromatic heterocycles. The van der Waals surface area contributed by atoms with Crippen LogP contribution in [-0.2, 0) is 27.7 Å². The zero-order valence-corrected chi connectivity index (χ0v) is 17.7. The Bertz CT molecular complexity index is 840. The van der Waals surface area contributed by atoms with Gasteiger partial charge >= 0.3 is 5.97 Å². The maximum Gasteiger partial charge on any atom is 0.322 e. The summed E-state index contributed by atoms with van der Waals surface area (Å²) in [6.45, 7) is 0. The van der Waals surface area contributed by atoms with Gasteiger partial charge < -0.3 is 5.11 Å². The van der Waals surface area contributed by atoms with Crippen molar-refractivity contribution in [2.24, 2.45) is 0 Å². The highest BCUT2D eigenvalue weighted by atomic mass is 127. The predicted octanol–water partition coefficient (Wildman–Crippen LogP) is 3.21. The van der Waals surface area contributed by atoms with Gasteiger partial charge in [0, 0.05) is 8.04 Å². The van der Waals surface area contributed by atoms with Crippen molar-refractivity contribution in [2.45, 2.75) is 18.9 Å². The van der Waals surface area contributed by atoms with E-state index in [4.69, 9.17) is 0 Å². The van der Waals surface area contributed by atoms with Gasteiger partial charge in [-0.3, -0.25) is 4.79 Å². The molecule has 134 valence electrons. The van der Waals surface area contributed by atoms with Gasteiger partial charge in [0.05, 0.1) is 5.75 Å². The molecule has 0 spiro atoms. The molecule has 5 nitrogen and oxygen atoms in total. The molecule has 0 bridgehead atoms. The molecule has 1 atom stereocenters. The Morgan fingerprint density at radius 2 is 1.80 bits per heavy atom. The lowest BCUT2D eigenvalue weighted by Crippen LogP contribution is -2.43. The second-order valence-electron chi connectivity index (χ2n) is 5.50. The number of rotatable bonds is 8. The van der Waals surface area contributed by atoms with Gasteiger partial charge in [0.25, 0.3) is 0 Å². The van der Waals surface area contributed by atoms with E-state index in [1.54, 1.807) is 12.1 Å². The van der Waals surface area contributed by atoms with Crippen molar-refractivity contribution < 1.29 is 18.3 Å². The van der Waals surface area contributed by atoms with Gasteiger partial charge in [-0.25, -0.2) is 13.1 Å². The van der Waals surface area contributed by atoms with Gasteiger partial charge in [-0.05, 0) is 64.8 Å². The number of aryl methyl sites for hydroxylation is 1. The van der Waals surface area contributed by atoms with Crippen LogP contribution in [0.1, 0.15) is 11.1 Å². The number of sulfonamides is 1. The van der Waals surface area contributed by atoms with Crippen LogP contribution in [0, 0.1) is 3.57 Å². The average molecular weight is 538 g/mol. The fourth-order valence-corrected chi connectivity index (χ4v) is 4.32. The summed E-state index contributed by atoms with van der Waals surface area (Å²) in [4.78, 5) is 11.4. The summed E-state index contributed by atoms with van der Waals surface area (Å²) >= 11 is 5.53. The third-order valence-electron chi connectivity index (χ3n) is 3.57. The Morgan fingerprint density at radius 1 is 1.16 bits per heavy atom. The van der Waals surface area contributed by atoms with Crippen molar-refractivity contribution in [1.82, 2.24) is 4.72 Å². The first-order valence-electron chi connectivity index (χ1n) is 7.47. The zero-order chi connectivity index (χ0) is 18.4. The summed E-state index contributed by atoms with van der Waals surface area (Å²) in [5.74, 6) is -1.37. The van der Waals surface area contributed by atoms with Crippen LogP contribution in [0.5, 0.6) is 0 Å².